The van der Waals surface area contributed by atoms with Crippen LogP contribution in [0, 0.1) is 0 Å². The summed E-state index contributed by atoms with van der Waals surface area (Å²) in [6.45, 7) is 0. The molecule has 0 spiro atoms. The van der Waals surface area contributed by atoms with Crippen molar-refractivity contribution in [1.82, 2.24) is 4.98 Å². The van der Waals surface area contributed by atoms with Crippen molar-refractivity contribution in [2.24, 2.45) is 0 Å². The molecule has 1 aromatic heterocycles. The first-order valence-electron chi connectivity index (χ1n) is 8.93. The average molecular weight is 404 g/mol. The number of benzene rings is 3. The predicted octanol–water partition coefficient (Wildman–Crippen LogP) is 6.31. The van der Waals surface area contributed by atoms with Gasteiger partial charge in [-0.3, -0.25) is 0 Å². The zero-order valence-electron chi connectivity index (χ0n) is 14.6. The summed E-state index contributed by atoms with van der Waals surface area (Å²) in [5, 5.41) is 3.92. The van der Waals surface area contributed by atoms with Gasteiger partial charge in [-0.05, 0) is 65.4 Å². The molecule has 128 valence electrons. The van der Waals surface area contributed by atoms with Crippen LogP contribution >= 0.6 is 15.9 Å². The molecule has 0 atom stereocenters. The number of hydrogen-bond acceptors (Lipinski definition) is 2. The van der Waals surface area contributed by atoms with E-state index in [2.05, 4.69) is 58.4 Å². The lowest BCUT2D eigenvalue weighted by Crippen LogP contribution is -1.98. The summed E-state index contributed by atoms with van der Waals surface area (Å²) in [5.41, 5.74) is 6.05. The Morgan fingerprint density at radius 1 is 0.962 bits per heavy atom. The van der Waals surface area contributed by atoms with Crippen molar-refractivity contribution in [2.75, 3.05) is 7.11 Å². The van der Waals surface area contributed by atoms with Gasteiger partial charge in [-0.15, -0.1) is 0 Å². The van der Waals surface area contributed by atoms with Crippen LogP contribution in [0.5, 0.6) is 5.75 Å². The SMILES string of the molecule is COc1ccc(Br)cc1-c1nc2ccc3ccccc3c2c2c1CCC2. The first-order chi connectivity index (χ1) is 12.8. The molecule has 3 heteroatoms. The predicted molar refractivity (Wildman–Crippen MR) is 111 cm³/mol. The van der Waals surface area contributed by atoms with Crippen molar-refractivity contribution in [2.45, 2.75) is 19.3 Å². The van der Waals surface area contributed by atoms with Gasteiger partial charge in [0.25, 0.3) is 0 Å². The van der Waals surface area contributed by atoms with E-state index < -0.39 is 0 Å². The fourth-order valence-electron chi connectivity index (χ4n) is 4.23. The Morgan fingerprint density at radius 3 is 2.69 bits per heavy atom. The van der Waals surface area contributed by atoms with Crippen LogP contribution in [0.4, 0.5) is 0 Å². The summed E-state index contributed by atoms with van der Waals surface area (Å²) >= 11 is 3.60. The van der Waals surface area contributed by atoms with E-state index in [-0.39, 0.29) is 0 Å². The van der Waals surface area contributed by atoms with Crippen molar-refractivity contribution in [3.63, 3.8) is 0 Å². The fraction of sp³-hybridized carbons (Fsp3) is 0.174. The van der Waals surface area contributed by atoms with Crippen LogP contribution < -0.4 is 4.74 Å². The van der Waals surface area contributed by atoms with E-state index in [1.807, 2.05) is 12.1 Å². The number of methoxy groups -OCH3 is 1. The molecule has 4 aromatic rings. The van der Waals surface area contributed by atoms with Crippen LogP contribution in [0.25, 0.3) is 32.9 Å². The number of aromatic nitrogens is 1. The topological polar surface area (TPSA) is 22.1 Å². The minimum absolute atomic E-state index is 0.870. The van der Waals surface area contributed by atoms with Crippen molar-refractivity contribution < 1.29 is 4.74 Å². The Morgan fingerprint density at radius 2 is 1.81 bits per heavy atom. The maximum absolute atomic E-state index is 5.64. The third-order valence-corrected chi connectivity index (χ3v) is 5.85. The standard InChI is InChI=1S/C23H18BrNO/c1-26-21-12-10-15(24)13-19(21)23-18-8-4-7-17(18)22-16-6-3-2-5-14(16)9-11-20(22)25-23/h2-3,5-6,9-13H,4,7-8H2,1H3. The van der Waals surface area contributed by atoms with E-state index >= 15 is 0 Å². The van der Waals surface area contributed by atoms with Crippen LogP contribution in [-0.4, -0.2) is 12.1 Å². The molecule has 0 amide bonds. The number of aryl methyl sites for hydroxylation is 1. The molecule has 0 unspecified atom stereocenters. The quantitative estimate of drug-likeness (QED) is 0.365. The van der Waals surface area contributed by atoms with Gasteiger partial charge in [-0.1, -0.05) is 46.3 Å². The highest BCUT2D eigenvalue weighted by Crippen LogP contribution is 2.41. The molecule has 26 heavy (non-hydrogen) atoms. The monoisotopic (exact) mass is 403 g/mol. The molecule has 0 aliphatic heterocycles. The van der Waals surface area contributed by atoms with Gasteiger partial charge in [0, 0.05) is 15.4 Å². The Kier molecular flexibility index (Phi) is 3.71. The van der Waals surface area contributed by atoms with Crippen molar-refractivity contribution >= 4 is 37.6 Å². The highest BCUT2D eigenvalue weighted by molar-refractivity contribution is 9.10. The summed E-state index contributed by atoms with van der Waals surface area (Å²) in [6, 6.07) is 19.1. The van der Waals surface area contributed by atoms with Gasteiger partial charge in [0.15, 0.2) is 0 Å². The lowest BCUT2D eigenvalue weighted by Gasteiger charge is -2.16. The minimum atomic E-state index is 0.870. The highest BCUT2D eigenvalue weighted by atomic mass is 79.9. The lowest BCUT2D eigenvalue weighted by atomic mass is 9.95. The number of rotatable bonds is 2. The first-order valence-corrected chi connectivity index (χ1v) is 9.72. The van der Waals surface area contributed by atoms with Crippen molar-refractivity contribution in [3.05, 3.63) is 70.2 Å². The fourth-order valence-corrected chi connectivity index (χ4v) is 4.59. The molecule has 3 aromatic carbocycles. The summed E-state index contributed by atoms with van der Waals surface area (Å²) in [4.78, 5) is 5.12. The molecule has 0 radical (unpaired) electrons. The van der Waals surface area contributed by atoms with E-state index in [4.69, 9.17) is 9.72 Å². The minimum Gasteiger partial charge on any atom is -0.496 e. The molecule has 1 heterocycles. The molecule has 2 nitrogen and oxygen atoms in total. The highest BCUT2D eigenvalue weighted by Gasteiger charge is 2.23. The summed E-state index contributed by atoms with van der Waals surface area (Å²) < 4.78 is 6.68. The second-order valence-electron chi connectivity index (χ2n) is 6.80. The Bertz CT molecular complexity index is 1170. The van der Waals surface area contributed by atoms with Crippen LogP contribution in [0.15, 0.2) is 59.1 Å². The second kappa shape index (κ2) is 6.10. The van der Waals surface area contributed by atoms with Gasteiger partial charge in [0.05, 0.1) is 18.3 Å². The van der Waals surface area contributed by atoms with Crippen molar-refractivity contribution in [1.29, 1.82) is 0 Å². The number of hydrogen-bond donors (Lipinski definition) is 0. The largest absolute Gasteiger partial charge is 0.496 e. The molecule has 5 rings (SSSR count). The van der Waals surface area contributed by atoms with Gasteiger partial charge < -0.3 is 4.74 Å². The van der Waals surface area contributed by atoms with Gasteiger partial charge in [-0.25, -0.2) is 4.98 Å². The smallest absolute Gasteiger partial charge is 0.128 e. The second-order valence-corrected chi connectivity index (χ2v) is 7.71. The molecule has 1 aliphatic rings. The van der Waals surface area contributed by atoms with E-state index in [1.165, 1.54) is 33.7 Å². The number of pyridine rings is 1. The van der Waals surface area contributed by atoms with Crippen LogP contribution in [0.1, 0.15) is 17.5 Å². The van der Waals surface area contributed by atoms with Crippen LogP contribution in [0.3, 0.4) is 0 Å². The van der Waals surface area contributed by atoms with E-state index in [9.17, 15) is 0 Å². The molecule has 0 N–H and O–H groups in total. The molecule has 0 saturated heterocycles. The maximum Gasteiger partial charge on any atom is 0.128 e. The number of fused-ring (bicyclic) bond motifs is 5. The summed E-state index contributed by atoms with van der Waals surface area (Å²) in [7, 11) is 1.72. The first kappa shape index (κ1) is 15.8. The number of nitrogens with zero attached hydrogens (tertiary/aromatic N) is 1. The number of ether oxygens (including phenoxy) is 1. The molecule has 0 fully saturated rings. The van der Waals surface area contributed by atoms with Crippen LogP contribution in [-0.2, 0) is 12.8 Å². The maximum atomic E-state index is 5.64. The Balaban J connectivity index is 1.90. The lowest BCUT2D eigenvalue weighted by molar-refractivity contribution is 0.416. The third-order valence-electron chi connectivity index (χ3n) is 5.36. The summed E-state index contributed by atoms with van der Waals surface area (Å²) in [6.07, 6.45) is 3.38. The van der Waals surface area contributed by atoms with E-state index in [0.717, 1.165) is 39.8 Å². The molecular weight excluding hydrogens is 386 g/mol. The van der Waals surface area contributed by atoms with Gasteiger partial charge in [0.1, 0.15) is 5.75 Å². The average Bonchev–Trinajstić information content (AvgIpc) is 3.16. The summed E-state index contributed by atoms with van der Waals surface area (Å²) in [5.74, 6) is 0.870. The van der Waals surface area contributed by atoms with Gasteiger partial charge in [-0.2, -0.15) is 0 Å². The van der Waals surface area contributed by atoms with E-state index in [0.29, 0.717) is 0 Å². The normalized spacial score (nSPS) is 13.3. The molecular formula is C23H18BrNO. The van der Waals surface area contributed by atoms with Crippen LogP contribution in [0.2, 0.25) is 0 Å². The Labute approximate surface area is 161 Å². The Hall–Kier alpha value is -2.39. The zero-order chi connectivity index (χ0) is 17.7. The molecule has 0 bridgehead atoms. The zero-order valence-corrected chi connectivity index (χ0v) is 16.1. The van der Waals surface area contributed by atoms with Crippen molar-refractivity contribution in [3.8, 4) is 17.0 Å². The number of halogens is 1. The molecule has 0 saturated carbocycles. The van der Waals surface area contributed by atoms with Gasteiger partial charge >= 0.3 is 0 Å². The van der Waals surface area contributed by atoms with Gasteiger partial charge in [0.2, 0.25) is 0 Å². The third kappa shape index (κ3) is 2.34. The van der Waals surface area contributed by atoms with E-state index in [1.54, 1.807) is 7.11 Å². The molecule has 1 aliphatic carbocycles.